The largest absolute Gasteiger partial charge is 0.355 e. The molecule has 7 aromatic carbocycles. The van der Waals surface area contributed by atoms with Crippen molar-refractivity contribution in [2.75, 3.05) is 5.32 Å². The molecule has 196 valence electrons. The second kappa shape index (κ2) is 8.80. The van der Waals surface area contributed by atoms with Gasteiger partial charge in [0.25, 0.3) is 0 Å². The van der Waals surface area contributed by atoms with Crippen molar-refractivity contribution in [3.8, 4) is 33.4 Å². The first-order valence-electron chi connectivity index (χ1n) is 14.6. The van der Waals surface area contributed by atoms with Crippen LogP contribution >= 0.6 is 0 Å². The molecule has 7 aromatic rings. The molecule has 2 aliphatic carbocycles. The fourth-order valence-corrected chi connectivity index (χ4v) is 7.55. The molecule has 42 heavy (non-hydrogen) atoms. The topological polar surface area (TPSA) is 12.0 Å². The zero-order valence-electron chi connectivity index (χ0n) is 23.0. The molecule has 1 spiro atoms. The van der Waals surface area contributed by atoms with Crippen LogP contribution in [0.3, 0.4) is 0 Å². The highest BCUT2D eigenvalue weighted by atomic mass is 14.9. The lowest BCUT2D eigenvalue weighted by Crippen LogP contribution is -2.26. The third-order valence-corrected chi connectivity index (χ3v) is 9.22. The first-order valence-corrected chi connectivity index (χ1v) is 14.6. The van der Waals surface area contributed by atoms with Gasteiger partial charge in [-0.15, -0.1) is 0 Å². The van der Waals surface area contributed by atoms with Gasteiger partial charge in [0.1, 0.15) is 0 Å². The summed E-state index contributed by atoms with van der Waals surface area (Å²) in [6.07, 6.45) is 0. The number of benzene rings is 7. The van der Waals surface area contributed by atoms with Crippen LogP contribution < -0.4 is 5.32 Å². The Labute approximate surface area is 245 Å². The van der Waals surface area contributed by atoms with Gasteiger partial charge < -0.3 is 5.32 Å². The molecule has 2 aliphatic rings. The number of nitrogens with one attached hydrogen (secondary N) is 1. The molecule has 0 radical (unpaired) electrons. The zero-order valence-corrected chi connectivity index (χ0v) is 23.0. The maximum atomic E-state index is 3.90. The summed E-state index contributed by atoms with van der Waals surface area (Å²) in [7, 11) is 0. The molecule has 0 aromatic heterocycles. The molecule has 0 aliphatic heterocycles. The Balaban J connectivity index is 1.33. The zero-order chi connectivity index (χ0) is 27.7. The van der Waals surface area contributed by atoms with Crippen molar-refractivity contribution in [1.82, 2.24) is 0 Å². The number of fused-ring (bicyclic) bond motifs is 11. The van der Waals surface area contributed by atoms with E-state index in [2.05, 4.69) is 163 Å². The highest BCUT2D eigenvalue weighted by Crippen LogP contribution is 2.64. The van der Waals surface area contributed by atoms with E-state index in [4.69, 9.17) is 0 Å². The fraction of sp³-hybridized carbons (Fsp3) is 0.0244. The second-order valence-electron chi connectivity index (χ2n) is 11.4. The third-order valence-electron chi connectivity index (χ3n) is 9.22. The van der Waals surface area contributed by atoms with Crippen LogP contribution in [-0.4, -0.2) is 0 Å². The molecule has 0 bridgehead atoms. The van der Waals surface area contributed by atoms with E-state index in [0.717, 1.165) is 11.4 Å². The molecule has 1 heteroatoms. The summed E-state index contributed by atoms with van der Waals surface area (Å²) in [5.41, 5.74) is 14.9. The van der Waals surface area contributed by atoms with Crippen LogP contribution in [0.4, 0.5) is 11.4 Å². The SMILES string of the molecule is c1ccc(-c2cccc(Nc3cccc4c3C3(c5ccccc5-c5cc6ccccc6cc53)c3ccccc3-4)c2)cc1. The van der Waals surface area contributed by atoms with Gasteiger partial charge in [-0.1, -0.05) is 127 Å². The minimum absolute atomic E-state index is 0.414. The van der Waals surface area contributed by atoms with E-state index in [-0.39, 0.29) is 0 Å². The summed E-state index contributed by atoms with van der Waals surface area (Å²) in [6, 6.07) is 57.7. The van der Waals surface area contributed by atoms with Crippen molar-refractivity contribution < 1.29 is 0 Å². The van der Waals surface area contributed by atoms with Gasteiger partial charge in [-0.05, 0) is 91.2 Å². The van der Waals surface area contributed by atoms with E-state index in [1.54, 1.807) is 0 Å². The molecule has 0 amide bonds. The van der Waals surface area contributed by atoms with Crippen molar-refractivity contribution in [3.05, 3.63) is 180 Å². The van der Waals surface area contributed by atoms with Crippen LogP contribution in [0.25, 0.3) is 44.2 Å². The third kappa shape index (κ3) is 3.14. The van der Waals surface area contributed by atoms with Crippen molar-refractivity contribution in [2.45, 2.75) is 5.41 Å². The first kappa shape index (κ1) is 23.3. The molecule has 1 atom stereocenters. The van der Waals surface area contributed by atoms with Crippen LogP contribution in [0.1, 0.15) is 22.3 Å². The molecule has 1 N–H and O–H groups in total. The molecule has 0 saturated carbocycles. The minimum Gasteiger partial charge on any atom is -0.355 e. The molecule has 9 rings (SSSR count). The van der Waals surface area contributed by atoms with E-state index in [9.17, 15) is 0 Å². The summed E-state index contributed by atoms with van der Waals surface area (Å²) in [4.78, 5) is 0. The Morgan fingerprint density at radius 3 is 1.76 bits per heavy atom. The first-order chi connectivity index (χ1) is 20.8. The average Bonchev–Trinajstić information content (AvgIpc) is 3.52. The smallest absolute Gasteiger partial charge is 0.0746 e. The summed E-state index contributed by atoms with van der Waals surface area (Å²) in [5.74, 6) is 0. The Kier molecular flexibility index (Phi) is 4.88. The molecule has 1 unspecified atom stereocenters. The van der Waals surface area contributed by atoms with Gasteiger partial charge >= 0.3 is 0 Å². The van der Waals surface area contributed by atoms with E-state index < -0.39 is 5.41 Å². The standard InChI is InChI=1S/C41H27N/c1-2-12-27(13-3-1)28-16-10-17-31(24-28)42-39-23-11-20-34-32-18-6-8-21-36(32)41(40(34)39)37-22-9-7-19-33(37)35-25-29-14-4-5-15-30(29)26-38(35)41/h1-26,42H. The fourth-order valence-electron chi connectivity index (χ4n) is 7.55. The predicted octanol–water partition coefficient (Wildman–Crippen LogP) is 10.6. The Hall–Kier alpha value is -5.40. The van der Waals surface area contributed by atoms with E-state index in [1.807, 2.05) is 0 Å². The Morgan fingerprint density at radius 1 is 0.381 bits per heavy atom. The van der Waals surface area contributed by atoms with Gasteiger partial charge in [-0.3, -0.25) is 0 Å². The van der Waals surface area contributed by atoms with Crippen LogP contribution in [-0.2, 0) is 5.41 Å². The maximum Gasteiger partial charge on any atom is 0.0746 e. The van der Waals surface area contributed by atoms with E-state index >= 15 is 0 Å². The van der Waals surface area contributed by atoms with Gasteiger partial charge in [0.15, 0.2) is 0 Å². The van der Waals surface area contributed by atoms with Crippen molar-refractivity contribution in [3.63, 3.8) is 0 Å². The highest BCUT2D eigenvalue weighted by Gasteiger charge is 2.52. The minimum atomic E-state index is -0.414. The molecule has 0 saturated heterocycles. The van der Waals surface area contributed by atoms with Crippen molar-refractivity contribution in [1.29, 1.82) is 0 Å². The Bertz CT molecular complexity index is 2170. The quantitative estimate of drug-likeness (QED) is 0.238. The number of rotatable bonds is 3. The average molecular weight is 534 g/mol. The molecular formula is C41H27N. The Morgan fingerprint density at radius 2 is 0.976 bits per heavy atom. The van der Waals surface area contributed by atoms with Gasteiger partial charge in [-0.2, -0.15) is 0 Å². The summed E-state index contributed by atoms with van der Waals surface area (Å²) in [5, 5.41) is 6.45. The van der Waals surface area contributed by atoms with Gasteiger partial charge in [-0.25, -0.2) is 0 Å². The molecular weight excluding hydrogens is 506 g/mol. The lowest BCUT2D eigenvalue weighted by molar-refractivity contribution is 0.797. The predicted molar refractivity (Wildman–Crippen MR) is 175 cm³/mol. The summed E-state index contributed by atoms with van der Waals surface area (Å²) >= 11 is 0. The van der Waals surface area contributed by atoms with E-state index in [0.29, 0.717) is 0 Å². The molecule has 0 heterocycles. The maximum absolute atomic E-state index is 3.90. The van der Waals surface area contributed by atoms with Crippen LogP contribution in [0, 0.1) is 0 Å². The summed E-state index contributed by atoms with van der Waals surface area (Å²) in [6.45, 7) is 0. The monoisotopic (exact) mass is 533 g/mol. The highest BCUT2D eigenvalue weighted by molar-refractivity contribution is 6.01. The lowest BCUT2D eigenvalue weighted by Gasteiger charge is -2.32. The van der Waals surface area contributed by atoms with Crippen LogP contribution in [0.2, 0.25) is 0 Å². The van der Waals surface area contributed by atoms with Crippen molar-refractivity contribution >= 4 is 22.1 Å². The summed E-state index contributed by atoms with van der Waals surface area (Å²) < 4.78 is 0. The second-order valence-corrected chi connectivity index (χ2v) is 11.4. The van der Waals surface area contributed by atoms with Gasteiger partial charge in [0, 0.05) is 16.9 Å². The van der Waals surface area contributed by atoms with Gasteiger partial charge in [0.05, 0.1) is 5.41 Å². The van der Waals surface area contributed by atoms with E-state index in [1.165, 1.54) is 66.4 Å². The number of hydrogen-bond donors (Lipinski definition) is 1. The van der Waals surface area contributed by atoms with Crippen LogP contribution in [0.5, 0.6) is 0 Å². The number of hydrogen-bond acceptors (Lipinski definition) is 1. The molecule has 1 nitrogen and oxygen atoms in total. The number of anilines is 2. The van der Waals surface area contributed by atoms with Gasteiger partial charge in [0.2, 0.25) is 0 Å². The lowest BCUT2D eigenvalue weighted by atomic mass is 9.70. The normalized spacial score (nSPS) is 15.7. The van der Waals surface area contributed by atoms with Crippen molar-refractivity contribution in [2.24, 2.45) is 0 Å². The van der Waals surface area contributed by atoms with Crippen LogP contribution in [0.15, 0.2) is 158 Å². The molecule has 0 fully saturated rings.